The molecule has 6 heteroatoms. The van der Waals surface area contributed by atoms with E-state index in [-0.39, 0.29) is 17.3 Å². The fourth-order valence-corrected chi connectivity index (χ4v) is 7.47. The van der Waals surface area contributed by atoms with Crippen molar-refractivity contribution in [3.8, 4) is 11.5 Å². The van der Waals surface area contributed by atoms with Crippen molar-refractivity contribution in [1.29, 1.82) is 0 Å². The van der Waals surface area contributed by atoms with Crippen LogP contribution in [0, 0.1) is 11.3 Å². The standard InChI is InChI=1S/C23H35BrO4Si/c1-15-12-22(3,4)21(23(26,13-15)14-29(6,7)8)10-17-9-20(27-5)18(24)11-19(17)28-16(2)25/h9,11,13,21,26H,10,12,14H2,1-8H3. The van der Waals surface area contributed by atoms with Gasteiger partial charge in [0.1, 0.15) is 11.5 Å². The molecule has 4 nitrogen and oxygen atoms in total. The van der Waals surface area contributed by atoms with Gasteiger partial charge in [0, 0.05) is 20.9 Å². The van der Waals surface area contributed by atoms with Gasteiger partial charge in [-0.15, -0.1) is 0 Å². The predicted molar refractivity (Wildman–Crippen MR) is 124 cm³/mol. The number of halogens is 1. The fraction of sp³-hybridized carbons (Fsp3) is 0.609. The minimum atomic E-state index is -1.55. The van der Waals surface area contributed by atoms with E-state index in [0.717, 1.165) is 22.5 Å². The maximum atomic E-state index is 11.9. The van der Waals surface area contributed by atoms with Crippen LogP contribution in [0.5, 0.6) is 11.5 Å². The lowest BCUT2D eigenvalue weighted by Crippen LogP contribution is -2.51. The Morgan fingerprint density at radius 3 is 2.41 bits per heavy atom. The summed E-state index contributed by atoms with van der Waals surface area (Å²) in [5.41, 5.74) is 1.13. The van der Waals surface area contributed by atoms with Crippen LogP contribution in [-0.2, 0) is 11.2 Å². The molecule has 0 saturated carbocycles. The molecule has 2 rings (SSSR count). The van der Waals surface area contributed by atoms with E-state index < -0.39 is 13.7 Å². The molecular formula is C23H35BrO4Si. The topological polar surface area (TPSA) is 55.8 Å². The predicted octanol–water partition coefficient (Wildman–Crippen LogP) is 5.99. The molecule has 162 valence electrons. The summed E-state index contributed by atoms with van der Waals surface area (Å²) in [7, 11) is 0.0719. The highest BCUT2D eigenvalue weighted by Gasteiger charge is 2.49. The molecule has 0 heterocycles. The summed E-state index contributed by atoms with van der Waals surface area (Å²) in [6.07, 6.45) is 3.62. The zero-order chi connectivity index (χ0) is 22.2. The third kappa shape index (κ3) is 5.95. The van der Waals surface area contributed by atoms with Crippen molar-refractivity contribution in [2.45, 2.75) is 71.8 Å². The van der Waals surface area contributed by atoms with Gasteiger partial charge < -0.3 is 14.6 Å². The largest absolute Gasteiger partial charge is 0.496 e. The number of aliphatic hydroxyl groups is 1. The maximum absolute atomic E-state index is 11.9. The number of carbonyl (C=O) groups is 1. The van der Waals surface area contributed by atoms with Crippen molar-refractivity contribution >= 4 is 30.0 Å². The van der Waals surface area contributed by atoms with E-state index in [0.29, 0.717) is 17.9 Å². The Hall–Kier alpha value is -1.11. The molecule has 0 aliphatic heterocycles. The highest BCUT2D eigenvalue weighted by Crippen LogP contribution is 2.50. The first-order chi connectivity index (χ1) is 13.2. The number of hydrogen-bond acceptors (Lipinski definition) is 4. The normalized spacial score (nSPS) is 24.1. The number of ether oxygens (including phenoxy) is 2. The molecule has 1 aliphatic rings. The van der Waals surface area contributed by atoms with Crippen LogP contribution < -0.4 is 9.47 Å². The van der Waals surface area contributed by atoms with Gasteiger partial charge in [0.05, 0.1) is 17.2 Å². The van der Waals surface area contributed by atoms with Gasteiger partial charge in [-0.05, 0) is 64.9 Å². The van der Waals surface area contributed by atoms with Crippen molar-refractivity contribution in [3.05, 3.63) is 33.8 Å². The Morgan fingerprint density at radius 1 is 1.28 bits per heavy atom. The smallest absolute Gasteiger partial charge is 0.308 e. The van der Waals surface area contributed by atoms with E-state index in [1.165, 1.54) is 12.5 Å². The van der Waals surface area contributed by atoms with Gasteiger partial charge >= 0.3 is 5.97 Å². The van der Waals surface area contributed by atoms with Gasteiger partial charge in [0.25, 0.3) is 0 Å². The van der Waals surface area contributed by atoms with E-state index in [1.54, 1.807) is 13.2 Å². The zero-order valence-electron chi connectivity index (χ0n) is 19.0. The number of esters is 1. The lowest BCUT2D eigenvalue weighted by atomic mass is 9.61. The zero-order valence-corrected chi connectivity index (χ0v) is 21.6. The highest BCUT2D eigenvalue weighted by molar-refractivity contribution is 9.10. The molecule has 1 aliphatic carbocycles. The van der Waals surface area contributed by atoms with Gasteiger partial charge in [0.15, 0.2) is 0 Å². The number of benzene rings is 1. The van der Waals surface area contributed by atoms with Crippen LogP contribution in [0.25, 0.3) is 0 Å². The van der Waals surface area contributed by atoms with Gasteiger partial charge in [-0.1, -0.05) is 45.1 Å². The summed E-state index contributed by atoms with van der Waals surface area (Å²) < 4.78 is 11.7. The molecule has 2 unspecified atom stereocenters. The van der Waals surface area contributed by atoms with Gasteiger partial charge in [-0.2, -0.15) is 0 Å². The number of methoxy groups -OCH3 is 1. The average Bonchev–Trinajstić information content (AvgIpc) is 2.49. The van der Waals surface area contributed by atoms with E-state index in [1.807, 2.05) is 6.07 Å². The molecule has 0 fully saturated rings. The number of hydrogen-bond donors (Lipinski definition) is 1. The highest BCUT2D eigenvalue weighted by atomic mass is 79.9. The Balaban J connectivity index is 2.57. The van der Waals surface area contributed by atoms with Crippen molar-refractivity contribution in [3.63, 3.8) is 0 Å². The maximum Gasteiger partial charge on any atom is 0.308 e. The second-order valence-corrected chi connectivity index (χ2v) is 16.7. The lowest BCUT2D eigenvalue weighted by molar-refractivity contribution is -0.131. The molecule has 0 amide bonds. The average molecular weight is 484 g/mol. The van der Waals surface area contributed by atoms with Crippen LogP contribution in [0.15, 0.2) is 28.3 Å². The first-order valence-corrected chi connectivity index (χ1v) is 14.6. The van der Waals surface area contributed by atoms with Crippen LogP contribution in [-0.4, -0.2) is 31.9 Å². The lowest BCUT2D eigenvalue weighted by Gasteiger charge is -2.50. The van der Waals surface area contributed by atoms with Crippen LogP contribution in [0.1, 0.15) is 39.7 Å². The summed E-state index contributed by atoms with van der Waals surface area (Å²) in [5, 5.41) is 11.9. The molecule has 2 atom stereocenters. The van der Waals surface area contributed by atoms with E-state index in [4.69, 9.17) is 9.47 Å². The molecule has 1 N–H and O–H groups in total. The quantitative estimate of drug-likeness (QED) is 0.234. The minimum Gasteiger partial charge on any atom is -0.496 e. The third-order valence-corrected chi connectivity index (χ3v) is 7.85. The molecule has 0 bridgehead atoms. The third-order valence-electron chi connectivity index (χ3n) is 5.60. The summed E-state index contributed by atoms with van der Waals surface area (Å²) in [6, 6.07) is 4.49. The van der Waals surface area contributed by atoms with Gasteiger partial charge in [-0.3, -0.25) is 4.79 Å². The Bertz CT molecular complexity index is 810. The molecule has 0 radical (unpaired) electrons. The van der Waals surface area contributed by atoms with E-state index in [2.05, 4.69) is 62.4 Å². The molecular weight excluding hydrogens is 448 g/mol. The molecule has 0 saturated heterocycles. The van der Waals surface area contributed by atoms with Crippen LogP contribution >= 0.6 is 15.9 Å². The Kier molecular flexibility index (Phi) is 7.13. The van der Waals surface area contributed by atoms with Crippen LogP contribution in [0.2, 0.25) is 25.7 Å². The second-order valence-electron chi connectivity index (χ2n) is 10.3. The monoisotopic (exact) mass is 482 g/mol. The molecule has 1 aromatic carbocycles. The van der Waals surface area contributed by atoms with Crippen LogP contribution in [0.4, 0.5) is 0 Å². The van der Waals surface area contributed by atoms with Crippen LogP contribution in [0.3, 0.4) is 0 Å². The first-order valence-electron chi connectivity index (χ1n) is 10.1. The Labute approximate surface area is 184 Å². The summed E-state index contributed by atoms with van der Waals surface area (Å²) in [6.45, 7) is 14.8. The molecule has 29 heavy (non-hydrogen) atoms. The van der Waals surface area contributed by atoms with E-state index in [9.17, 15) is 9.90 Å². The van der Waals surface area contributed by atoms with Crippen molar-refractivity contribution < 1.29 is 19.4 Å². The number of allylic oxidation sites excluding steroid dienone is 1. The summed E-state index contributed by atoms with van der Waals surface area (Å²) in [5.74, 6) is 0.831. The minimum absolute atomic E-state index is 0.00869. The van der Waals surface area contributed by atoms with Crippen molar-refractivity contribution in [2.24, 2.45) is 11.3 Å². The summed E-state index contributed by atoms with van der Waals surface area (Å²) >= 11 is 3.48. The first kappa shape index (κ1) is 24.2. The number of carbonyl (C=O) groups excluding carboxylic acids is 1. The second kappa shape index (κ2) is 8.56. The van der Waals surface area contributed by atoms with Crippen molar-refractivity contribution in [2.75, 3.05) is 7.11 Å². The SMILES string of the molecule is COc1cc(CC2C(C)(C)CC(C)=CC2(O)C[Si](C)(C)C)c(OC(C)=O)cc1Br. The molecule has 0 spiro atoms. The summed E-state index contributed by atoms with van der Waals surface area (Å²) in [4.78, 5) is 11.7. The van der Waals surface area contributed by atoms with Crippen molar-refractivity contribution in [1.82, 2.24) is 0 Å². The fourth-order valence-electron chi connectivity index (χ4n) is 4.94. The van der Waals surface area contributed by atoms with Gasteiger partial charge in [-0.25, -0.2) is 0 Å². The molecule has 0 aromatic heterocycles. The number of rotatable bonds is 6. The Morgan fingerprint density at radius 2 is 1.90 bits per heavy atom. The van der Waals surface area contributed by atoms with Gasteiger partial charge in [0.2, 0.25) is 0 Å². The van der Waals surface area contributed by atoms with E-state index >= 15 is 0 Å². The molecule has 1 aromatic rings.